The Hall–Kier alpha value is -3.00. The molecule has 0 saturated heterocycles. The number of ether oxygens (including phenoxy) is 6. The summed E-state index contributed by atoms with van der Waals surface area (Å²) in [6.45, 7) is 0. The lowest BCUT2D eigenvalue weighted by molar-refractivity contribution is 0.324. The molecule has 0 bridgehead atoms. The summed E-state index contributed by atoms with van der Waals surface area (Å²) in [4.78, 5) is 0. The number of thioether (sulfide) groups is 1. The highest BCUT2D eigenvalue weighted by Crippen LogP contribution is 2.53. The molecule has 13 heteroatoms. The molecule has 0 spiro atoms. The number of nitrogens with two attached hydrogens (primary N) is 1. The van der Waals surface area contributed by atoms with Crippen LogP contribution >= 0.6 is 27.7 Å². The molecule has 1 aliphatic rings. The number of furan rings is 1. The first kappa shape index (κ1) is 30.0. The van der Waals surface area contributed by atoms with Gasteiger partial charge in [-0.25, -0.2) is 13.6 Å². The molecule has 10 nitrogen and oxygen atoms in total. The van der Waals surface area contributed by atoms with Gasteiger partial charge in [0.1, 0.15) is 9.84 Å². The van der Waals surface area contributed by atoms with Crippen LogP contribution in [0, 0.1) is 0 Å². The van der Waals surface area contributed by atoms with Crippen molar-refractivity contribution < 1.29 is 41.3 Å². The third-order valence-corrected chi connectivity index (χ3v) is 10.8. The fourth-order valence-corrected chi connectivity index (χ4v) is 8.33. The van der Waals surface area contributed by atoms with Crippen molar-refractivity contribution in [2.24, 2.45) is 5.14 Å². The molecule has 2 aromatic carbocycles. The van der Waals surface area contributed by atoms with Crippen LogP contribution in [0.1, 0.15) is 12.2 Å². The Morgan fingerprint density at radius 3 is 1.70 bits per heavy atom. The topological polar surface area (TPSA) is 129 Å². The quantitative estimate of drug-likeness (QED) is 0.280. The summed E-state index contributed by atoms with van der Waals surface area (Å²) in [5.74, 6) is 2.95. The molecule has 0 amide bonds. The second kappa shape index (κ2) is 11.9. The van der Waals surface area contributed by atoms with Gasteiger partial charge in [0.15, 0.2) is 23.0 Å². The third kappa shape index (κ3) is 5.35. The molecule has 0 saturated carbocycles. The van der Waals surface area contributed by atoms with Crippen LogP contribution in [0.2, 0.25) is 0 Å². The summed E-state index contributed by atoms with van der Waals surface area (Å²) < 4.78 is 64.6. The van der Waals surface area contributed by atoms with E-state index in [-0.39, 0.29) is 12.8 Å². The minimum absolute atomic E-state index is 0.0154. The molecule has 4 rings (SSSR count). The van der Waals surface area contributed by atoms with Gasteiger partial charge in [0.25, 0.3) is 0 Å². The van der Waals surface area contributed by atoms with E-state index in [1.54, 1.807) is 36.6 Å². The lowest BCUT2D eigenvalue weighted by Crippen LogP contribution is -2.40. The molecule has 3 aromatic rings. The van der Waals surface area contributed by atoms with Gasteiger partial charge in [-0.15, -0.1) is 0 Å². The van der Waals surface area contributed by atoms with E-state index in [1.165, 1.54) is 42.7 Å². The SMILES string of the molecule is COc1cc(-c2coc(CC3(S(N)(=O)=O)CC=C(Br)S3)c2-c2cc(OC)c(OC)c(OC)c2)cc(OC)c1OC. The summed E-state index contributed by atoms with van der Waals surface area (Å²) >= 11 is 4.55. The number of methoxy groups -OCH3 is 6. The molecule has 2 heterocycles. The summed E-state index contributed by atoms with van der Waals surface area (Å²) in [7, 11) is 5.11. The normalized spacial score (nSPS) is 16.9. The molecule has 1 aromatic heterocycles. The molecule has 1 unspecified atom stereocenters. The van der Waals surface area contributed by atoms with E-state index in [1.807, 2.05) is 0 Å². The zero-order valence-electron chi connectivity index (χ0n) is 22.8. The van der Waals surface area contributed by atoms with Gasteiger partial charge in [-0.05, 0) is 57.7 Å². The highest BCUT2D eigenvalue weighted by Gasteiger charge is 2.47. The van der Waals surface area contributed by atoms with Crippen LogP contribution in [0.3, 0.4) is 0 Å². The van der Waals surface area contributed by atoms with Crippen molar-refractivity contribution in [3.63, 3.8) is 0 Å². The van der Waals surface area contributed by atoms with E-state index in [0.717, 1.165) is 11.8 Å². The van der Waals surface area contributed by atoms with Gasteiger partial charge in [0.05, 0.1) is 48.9 Å². The number of hydrogen-bond acceptors (Lipinski definition) is 10. The number of allylic oxidation sites excluding steroid dienone is 1. The zero-order valence-corrected chi connectivity index (χ0v) is 26.0. The lowest BCUT2D eigenvalue weighted by atomic mass is 9.94. The minimum Gasteiger partial charge on any atom is -0.493 e. The van der Waals surface area contributed by atoms with E-state index >= 15 is 0 Å². The van der Waals surface area contributed by atoms with Crippen LogP contribution in [0.25, 0.3) is 22.3 Å². The Labute approximate surface area is 245 Å². The molecule has 216 valence electrons. The van der Waals surface area contributed by atoms with Crippen molar-refractivity contribution in [1.82, 2.24) is 0 Å². The van der Waals surface area contributed by atoms with Gasteiger partial charge >= 0.3 is 0 Å². The predicted molar refractivity (Wildman–Crippen MR) is 158 cm³/mol. The molecule has 2 N–H and O–H groups in total. The van der Waals surface area contributed by atoms with Gasteiger partial charge < -0.3 is 32.8 Å². The number of rotatable bonds is 11. The molecule has 0 aliphatic carbocycles. The lowest BCUT2D eigenvalue weighted by Gasteiger charge is -2.25. The van der Waals surface area contributed by atoms with E-state index < -0.39 is 14.1 Å². The van der Waals surface area contributed by atoms with Crippen molar-refractivity contribution in [1.29, 1.82) is 0 Å². The molecular formula is C27H30BrNO9S2. The molecule has 1 aliphatic heterocycles. The Morgan fingerprint density at radius 2 is 1.32 bits per heavy atom. The van der Waals surface area contributed by atoms with Crippen LogP contribution < -0.4 is 33.6 Å². The summed E-state index contributed by atoms with van der Waals surface area (Å²) in [5.41, 5.74) is 2.57. The smallest absolute Gasteiger partial charge is 0.225 e. The van der Waals surface area contributed by atoms with Gasteiger partial charge in [-0.1, -0.05) is 17.8 Å². The molecule has 0 radical (unpaired) electrons. The van der Waals surface area contributed by atoms with Crippen LogP contribution in [0.4, 0.5) is 0 Å². The number of hydrogen-bond donors (Lipinski definition) is 1. The first-order chi connectivity index (χ1) is 19.1. The molecule has 40 heavy (non-hydrogen) atoms. The van der Waals surface area contributed by atoms with E-state index in [2.05, 4.69) is 15.9 Å². The number of sulfonamides is 1. The Morgan fingerprint density at radius 1 is 0.850 bits per heavy atom. The first-order valence-electron chi connectivity index (χ1n) is 11.8. The van der Waals surface area contributed by atoms with Crippen molar-refractivity contribution >= 4 is 37.7 Å². The maximum Gasteiger partial charge on any atom is 0.225 e. The van der Waals surface area contributed by atoms with E-state index in [4.69, 9.17) is 38.0 Å². The van der Waals surface area contributed by atoms with Gasteiger partial charge in [-0.3, -0.25) is 0 Å². The van der Waals surface area contributed by atoms with Crippen molar-refractivity contribution in [3.8, 4) is 56.8 Å². The summed E-state index contributed by atoms with van der Waals surface area (Å²) in [6, 6.07) is 7.12. The fourth-order valence-electron chi connectivity index (χ4n) is 4.64. The van der Waals surface area contributed by atoms with Crippen molar-refractivity contribution in [2.45, 2.75) is 16.9 Å². The maximum absolute atomic E-state index is 12.9. The zero-order chi connectivity index (χ0) is 29.2. The second-order valence-electron chi connectivity index (χ2n) is 8.72. The number of benzene rings is 2. The molecule has 0 fully saturated rings. The standard InChI is InChI=1S/C27H30BrNO9S2/c1-32-18-9-15(10-19(33-2)25(18)36-5)17-14-38-22(13-27(40(29,30)31)8-7-23(28)39-27)24(17)16-11-20(34-3)26(37-6)21(12-16)35-4/h7,9-12,14H,8,13H2,1-6H3,(H2,29,30,31). The average molecular weight is 657 g/mol. The Bertz CT molecular complexity index is 1500. The van der Waals surface area contributed by atoms with Gasteiger partial charge in [-0.2, -0.15) is 0 Å². The molecular weight excluding hydrogens is 626 g/mol. The van der Waals surface area contributed by atoms with E-state index in [9.17, 15) is 8.42 Å². The van der Waals surface area contributed by atoms with Crippen molar-refractivity contribution in [2.75, 3.05) is 42.7 Å². The fraction of sp³-hybridized carbons (Fsp3) is 0.333. The highest BCUT2D eigenvalue weighted by atomic mass is 79.9. The van der Waals surface area contributed by atoms with Crippen LogP contribution in [-0.2, 0) is 16.4 Å². The van der Waals surface area contributed by atoms with Crippen LogP contribution in [0.15, 0.2) is 44.8 Å². The monoisotopic (exact) mass is 655 g/mol. The third-order valence-electron chi connectivity index (χ3n) is 6.60. The first-order valence-corrected chi connectivity index (χ1v) is 15.0. The molecule has 1 atom stereocenters. The minimum atomic E-state index is -4.02. The highest BCUT2D eigenvalue weighted by molar-refractivity contribution is 9.14. The largest absolute Gasteiger partial charge is 0.493 e. The van der Waals surface area contributed by atoms with Crippen molar-refractivity contribution in [3.05, 3.63) is 46.2 Å². The van der Waals surface area contributed by atoms with Crippen LogP contribution in [0.5, 0.6) is 34.5 Å². The average Bonchev–Trinajstić information content (AvgIpc) is 3.54. The summed E-state index contributed by atoms with van der Waals surface area (Å²) in [5, 5.41) is 5.78. The number of primary sulfonamides is 1. The number of halogens is 1. The predicted octanol–water partition coefficient (Wildman–Crippen LogP) is 5.57. The Kier molecular flexibility index (Phi) is 8.88. The Balaban J connectivity index is 2.02. The van der Waals surface area contributed by atoms with Crippen LogP contribution in [-0.4, -0.2) is 55.2 Å². The van der Waals surface area contributed by atoms with Gasteiger partial charge in [0.2, 0.25) is 21.5 Å². The maximum atomic E-state index is 12.9. The second-order valence-corrected chi connectivity index (χ2v) is 13.7. The van der Waals surface area contributed by atoms with E-state index in [0.29, 0.717) is 66.3 Å². The van der Waals surface area contributed by atoms with Gasteiger partial charge in [0, 0.05) is 21.4 Å². The summed E-state index contributed by atoms with van der Waals surface area (Å²) in [6.07, 6.45) is 3.54.